The molecular weight excluding hydrogens is 362 g/mol. The van der Waals surface area contributed by atoms with E-state index in [0.29, 0.717) is 18.5 Å². The van der Waals surface area contributed by atoms with Gasteiger partial charge in [0.2, 0.25) is 5.91 Å². The lowest BCUT2D eigenvalue weighted by molar-refractivity contribution is -0.128. The number of benzene rings is 2. The smallest absolute Gasteiger partial charge is 0.257 e. The number of likely N-dealkylation sites (tertiary alicyclic amines) is 1. The van der Waals surface area contributed by atoms with Crippen LogP contribution in [0.15, 0.2) is 42.5 Å². The molecule has 2 heterocycles. The summed E-state index contributed by atoms with van der Waals surface area (Å²) in [5.74, 6) is 0.102. The van der Waals surface area contributed by atoms with Gasteiger partial charge >= 0.3 is 0 Å². The number of anilines is 1. The molecule has 0 bridgehead atoms. The molecule has 0 spiro atoms. The first kappa shape index (κ1) is 18.0. The van der Waals surface area contributed by atoms with Crippen LogP contribution in [0.4, 0.5) is 5.69 Å². The van der Waals surface area contributed by atoms with Gasteiger partial charge in [-0.3, -0.25) is 9.59 Å². The summed E-state index contributed by atoms with van der Waals surface area (Å²) in [6.07, 6.45) is 6.12. The maximum atomic E-state index is 13.1. The minimum absolute atomic E-state index is 0.108. The summed E-state index contributed by atoms with van der Waals surface area (Å²) < 4.78 is 0. The summed E-state index contributed by atoms with van der Waals surface area (Å²) in [4.78, 5) is 30.3. The Morgan fingerprint density at radius 3 is 2.76 bits per heavy atom. The number of aromatic nitrogens is 1. The summed E-state index contributed by atoms with van der Waals surface area (Å²) in [6.45, 7) is 1.41. The van der Waals surface area contributed by atoms with Crippen molar-refractivity contribution in [2.45, 2.75) is 45.1 Å². The Morgan fingerprint density at radius 2 is 1.90 bits per heavy atom. The van der Waals surface area contributed by atoms with Crippen molar-refractivity contribution in [2.75, 3.05) is 11.9 Å². The first-order valence-electron chi connectivity index (χ1n) is 10.5. The van der Waals surface area contributed by atoms with E-state index in [-0.39, 0.29) is 11.8 Å². The number of nitrogens with one attached hydrogen (secondary N) is 2. The largest absolute Gasteiger partial charge is 0.358 e. The lowest BCUT2D eigenvalue weighted by atomic mass is 9.95. The molecule has 148 valence electrons. The standard InChI is InChI=1S/C24H25N3O2/c28-22-12-5-13-27(22)15-16-6-3-7-17(14-16)25-24(29)20-10-4-9-19-18-8-1-2-11-21(18)26-23(19)20/h3-4,6-7,9-10,14,26H,1-2,5,8,11-13,15H2,(H,25,29). The minimum atomic E-state index is -0.108. The van der Waals surface area contributed by atoms with Crippen LogP contribution >= 0.6 is 0 Å². The fraction of sp³-hybridized carbons (Fsp3) is 0.333. The highest BCUT2D eigenvalue weighted by Crippen LogP contribution is 2.31. The monoisotopic (exact) mass is 387 g/mol. The second-order valence-electron chi connectivity index (χ2n) is 8.09. The number of nitrogens with zero attached hydrogens (tertiary/aromatic N) is 1. The van der Waals surface area contributed by atoms with E-state index in [1.54, 1.807) is 0 Å². The molecule has 5 nitrogen and oxygen atoms in total. The molecule has 1 aromatic heterocycles. The number of rotatable bonds is 4. The summed E-state index contributed by atoms with van der Waals surface area (Å²) >= 11 is 0. The van der Waals surface area contributed by atoms with E-state index < -0.39 is 0 Å². The van der Waals surface area contributed by atoms with Crippen molar-refractivity contribution in [2.24, 2.45) is 0 Å². The van der Waals surface area contributed by atoms with Crippen molar-refractivity contribution in [3.8, 4) is 0 Å². The number of amides is 2. The number of para-hydroxylation sites is 1. The van der Waals surface area contributed by atoms with Crippen LogP contribution in [-0.2, 0) is 24.2 Å². The number of H-pyrrole nitrogens is 1. The highest BCUT2D eigenvalue weighted by atomic mass is 16.2. The van der Waals surface area contributed by atoms with Crippen LogP contribution in [0.25, 0.3) is 10.9 Å². The van der Waals surface area contributed by atoms with E-state index in [1.165, 1.54) is 29.5 Å². The molecule has 0 saturated carbocycles. The third-order valence-electron chi connectivity index (χ3n) is 6.11. The van der Waals surface area contributed by atoms with Gasteiger partial charge in [-0.2, -0.15) is 0 Å². The number of aryl methyl sites for hydroxylation is 2. The van der Waals surface area contributed by atoms with Crippen LogP contribution in [0.2, 0.25) is 0 Å². The normalized spacial score (nSPS) is 16.3. The summed E-state index contributed by atoms with van der Waals surface area (Å²) in [7, 11) is 0. The topological polar surface area (TPSA) is 65.2 Å². The molecule has 2 aliphatic rings. The predicted octanol–water partition coefficient (Wildman–Crippen LogP) is 4.42. The van der Waals surface area contributed by atoms with Gasteiger partial charge in [-0.05, 0) is 61.4 Å². The fourth-order valence-corrected chi connectivity index (χ4v) is 4.66. The van der Waals surface area contributed by atoms with Crippen molar-refractivity contribution >= 4 is 28.4 Å². The fourth-order valence-electron chi connectivity index (χ4n) is 4.66. The number of hydrogen-bond acceptors (Lipinski definition) is 2. The molecule has 2 amide bonds. The zero-order valence-corrected chi connectivity index (χ0v) is 16.5. The molecule has 1 aliphatic heterocycles. The van der Waals surface area contributed by atoms with Gasteiger partial charge in [-0.25, -0.2) is 0 Å². The van der Waals surface area contributed by atoms with Gasteiger partial charge in [-0.15, -0.1) is 0 Å². The number of fused-ring (bicyclic) bond motifs is 3. The molecule has 0 unspecified atom stereocenters. The minimum Gasteiger partial charge on any atom is -0.358 e. The highest BCUT2D eigenvalue weighted by molar-refractivity contribution is 6.12. The van der Waals surface area contributed by atoms with Gasteiger partial charge in [0.1, 0.15) is 0 Å². The van der Waals surface area contributed by atoms with Crippen LogP contribution in [0.5, 0.6) is 0 Å². The van der Waals surface area contributed by atoms with Gasteiger partial charge in [0.25, 0.3) is 5.91 Å². The van der Waals surface area contributed by atoms with Gasteiger partial charge < -0.3 is 15.2 Å². The third-order valence-corrected chi connectivity index (χ3v) is 6.11. The first-order valence-corrected chi connectivity index (χ1v) is 10.5. The predicted molar refractivity (Wildman–Crippen MR) is 114 cm³/mol. The van der Waals surface area contributed by atoms with Crippen LogP contribution < -0.4 is 5.32 Å². The molecule has 2 aromatic carbocycles. The Morgan fingerprint density at radius 1 is 1.03 bits per heavy atom. The van der Waals surface area contributed by atoms with E-state index in [1.807, 2.05) is 41.3 Å². The average molecular weight is 387 g/mol. The van der Waals surface area contributed by atoms with Gasteiger partial charge in [0.15, 0.2) is 0 Å². The summed E-state index contributed by atoms with van der Waals surface area (Å²) in [5, 5.41) is 4.22. The number of carbonyl (C=O) groups excluding carboxylic acids is 2. The molecule has 0 atom stereocenters. The Hall–Kier alpha value is -3.08. The maximum Gasteiger partial charge on any atom is 0.257 e. The Kier molecular flexibility index (Phi) is 4.58. The molecule has 3 aromatic rings. The van der Waals surface area contributed by atoms with E-state index in [4.69, 9.17) is 0 Å². The van der Waals surface area contributed by atoms with Crippen molar-refractivity contribution < 1.29 is 9.59 Å². The van der Waals surface area contributed by atoms with Crippen molar-refractivity contribution in [3.05, 3.63) is 64.8 Å². The molecule has 29 heavy (non-hydrogen) atoms. The molecule has 1 saturated heterocycles. The van der Waals surface area contributed by atoms with Crippen LogP contribution in [0, 0.1) is 0 Å². The molecule has 5 heteroatoms. The van der Waals surface area contributed by atoms with Crippen molar-refractivity contribution in [1.29, 1.82) is 0 Å². The van der Waals surface area contributed by atoms with Crippen LogP contribution in [0.1, 0.15) is 52.9 Å². The number of aromatic amines is 1. The third kappa shape index (κ3) is 3.41. The summed E-state index contributed by atoms with van der Waals surface area (Å²) in [5.41, 5.74) is 6.06. The molecule has 0 radical (unpaired) electrons. The van der Waals surface area contributed by atoms with Crippen molar-refractivity contribution in [3.63, 3.8) is 0 Å². The molecule has 2 N–H and O–H groups in total. The SMILES string of the molecule is O=C(Nc1cccc(CN2CCCC2=O)c1)c1cccc2c3c([nH]c12)CCCC3. The lowest BCUT2D eigenvalue weighted by Crippen LogP contribution is -2.23. The van der Waals surface area contributed by atoms with E-state index in [2.05, 4.69) is 16.4 Å². The van der Waals surface area contributed by atoms with E-state index in [9.17, 15) is 9.59 Å². The molecule has 5 rings (SSSR count). The zero-order valence-electron chi connectivity index (χ0n) is 16.5. The highest BCUT2D eigenvalue weighted by Gasteiger charge is 2.21. The Balaban J connectivity index is 1.39. The van der Waals surface area contributed by atoms with Crippen LogP contribution in [0.3, 0.4) is 0 Å². The number of carbonyl (C=O) groups is 2. The molecule has 1 aliphatic carbocycles. The second kappa shape index (κ2) is 7.39. The zero-order chi connectivity index (χ0) is 19.8. The molecular formula is C24H25N3O2. The second-order valence-corrected chi connectivity index (χ2v) is 8.09. The number of hydrogen-bond donors (Lipinski definition) is 2. The van der Waals surface area contributed by atoms with Gasteiger partial charge in [0, 0.05) is 36.3 Å². The molecule has 1 fully saturated rings. The average Bonchev–Trinajstić information content (AvgIpc) is 3.31. The lowest BCUT2D eigenvalue weighted by Gasteiger charge is -2.16. The first-order chi connectivity index (χ1) is 14.2. The van der Waals surface area contributed by atoms with E-state index in [0.717, 1.165) is 42.6 Å². The van der Waals surface area contributed by atoms with Crippen LogP contribution in [-0.4, -0.2) is 28.2 Å². The van der Waals surface area contributed by atoms with Crippen molar-refractivity contribution in [1.82, 2.24) is 9.88 Å². The Labute approximate surface area is 170 Å². The van der Waals surface area contributed by atoms with Gasteiger partial charge in [-0.1, -0.05) is 24.3 Å². The summed E-state index contributed by atoms with van der Waals surface area (Å²) in [6, 6.07) is 13.7. The van der Waals surface area contributed by atoms with E-state index >= 15 is 0 Å². The van der Waals surface area contributed by atoms with Gasteiger partial charge in [0.05, 0.1) is 11.1 Å². The Bertz CT molecular complexity index is 1100. The quantitative estimate of drug-likeness (QED) is 0.696. The maximum absolute atomic E-state index is 13.1.